The van der Waals surface area contributed by atoms with Crippen LogP contribution in [-0.2, 0) is 6.61 Å². The first-order valence-corrected chi connectivity index (χ1v) is 7.58. The van der Waals surface area contributed by atoms with E-state index in [4.69, 9.17) is 4.74 Å². The predicted octanol–water partition coefficient (Wildman–Crippen LogP) is 3.22. The largest absolute Gasteiger partial charge is 0.489 e. The number of ether oxygens (including phenoxy) is 1. The number of anilines is 1. The third kappa shape index (κ3) is 3.57. The Bertz CT molecular complexity index is 615. The van der Waals surface area contributed by atoms with Crippen molar-refractivity contribution >= 4 is 5.69 Å². The molecule has 3 nitrogen and oxygen atoms in total. The third-order valence-electron chi connectivity index (χ3n) is 4.04. The first-order chi connectivity index (χ1) is 10.7. The van der Waals surface area contributed by atoms with Gasteiger partial charge >= 0.3 is 0 Å². The minimum Gasteiger partial charge on any atom is -0.489 e. The van der Waals surface area contributed by atoms with Gasteiger partial charge in [-0.3, -0.25) is 0 Å². The number of benzene rings is 2. The average Bonchev–Trinajstić information content (AvgIpc) is 3.03. The van der Waals surface area contributed by atoms with Crippen LogP contribution in [0.2, 0.25) is 0 Å². The molecule has 0 bridgehead atoms. The van der Waals surface area contributed by atoms with Crippen molar-refractivity contribution < 1.29 is 14.2 Å². The molecule has 0 aliphatic carbocycles. The average molecular weight is 301 g/mol. The summed E-state index contributed by atoms with van der Waals surface area (Å²) in [6, 6.07) is 14.4. The summed E-state index contributed by atoms with van der Waals surface area (Å²) < 4.78 is 18.8. The number of aliphatic hydroxyl groups is 1. The van der Waals surface area contributed by atoms with Crippen molar-refractivity contribution in [1.29, 1.82) is 0 Å². The molecule has 0 spiro atoms. The molecule has 4 heteroatoms. The van der Waals surface area contributed by atoms with Gasteiger partial charge in [0.2, 0.25) is 0 Å². The summed E-state index contributed by atoms with van der Waals surface area (Å²) in [6.45, 7) is 2.49. The molecule has 1 saturated heterocycles. The van der Waals surface area contributed by atoms with Crippen molar-refractivity contribution in [3.05, 3.63) is 59.9 Å². The van der Waals surface area contributed by atoms with Crippen LogP contribution in [-0.4, -0.2) is 24.8 Å². The number of nitrogens with zero attached hydrogens (tertiary/aromatic N) is 1. The highest BCUT2D eigenvalue weighted by Gasteiger charge is 2.21. The van der Waals surface area contributed by atoms with Crippen LogP contribution < -0.4 is 9.64 Å². The van der Waals surface area contributed by atoms with Crippen molar-refractivity contribution in [2.45, 2.75) is 13.0 Å². The highest BCUT2D eigenvalue weighted by atomic mass is 19.1. The Hall–Kier alpha value is -2.07. The number of hydrogen-bond donors (Lipinski definition) is 1. The summed E-state index contributed by atoms with van der Waals surface area (Å²) in [5.74, 6) is 0.902. The molecule has 2 aromatic carbocycles. The molecule has 1 N–H and O–H groups in total. The van der Waals surface area contributed by atoms with E-state index >= 15 is 0 Å². The van der Waals surface area contributed by atoms with E-state index in [2.05, 4.69) is 4.90 Å². The van der Waals surface area contributed by atoms with E-state index in [1.807, 2.05) is 30.3 Å². The Labute approximate surface area is 130 Å². The van der Waals surface area contributed by atoms with Gasteiger partial charge in [0.05, 0.1) is 0 Å². The standard InChI is InChI=1S/C18H20FNO2/c19-16-3-1-2-14(10-16)13-22-18-6-4-17(5-7-18)20-9-8-15(11-20)12-21/h1-7,10,15,21H,8-9,11-13H2. The van der Waals surface area contributed by atoms with Crippen molar-refractivity contribution in [1.82, 2.24) is 0 Å². The van der Waals surface area contributed by atoms with Gasteiger partial charge < -0.3 is 14.7 Å². The lowest BCUT2D eigenvalue weighted by Gasteiger charge is -2.18. The second-order valence-corrected chi connectivity index (χ2v) is 5.70. The van der Waals surface area contributed by atoms with Gasteiger partial charge in [-0.15, -0.1) is 0 Å². The second kappa shape index (κ2) is 6.79. The van der Waals surface area contributed by atoms with Crippen LogP contribution in [0.3, 0.4) is 0 Å². The Morgan fingerprint density at radius 2 is 2.00 bits per heavy atom. The molecule has 0 radical (unpaired) electrons. The van der Waals surface area contributed by atoms with E-state index in [0.717, 1.165) is 36.5 Å². The Morgan fingerprint density at radius 1 is 1.18 bits per heavy atom. The van der Waals surface area contributed by atoms with E-state index in [1.54, 1.807) is 6.07 Å². The molecule has 0 amide bonds. The normalized spacial score (nSPS) is 17.7. The lowest BCUT2D eigenvalue weighted by Crippen LogP contribution is -2.20. The molecule has 116 valence electrons. The monoisotopic (exact) mass is 301 g/mol. The van der Waals surface area contributed by atoms with Crippen molar-refractivity contribution in [3.63, 3.8) is 0 Å². The summed E-state index contributed by atoms with van der Waals surface area (Å²) in [5.41, 5.74) is 1.96. The molecule has 0 aromatic heterocycles. The van der Waals surface area contributed by atoms with E-state index in [0.29, 0.717) is 12.5 Å². The SMILES string of the molecule is OCC1CCN(c2ccc(OCc3cccc(F)c3)cc2)C1. The molecular formula is C18H20FNO2. The highest BCUT2D eigenvalue weighted by Crippen LogP contribution is 2.25. The second-order valence-electron chi connectivity index (χ2n) is 5.70. The van der Waals surface area contributed by atoms with Crippen LogP contribution in [0.15, 0.2) is 48.5 Å². The van der Waals surface area contributed by atoms with E-state index < -0.39 is 0 Å². The molecular weight excluding hydrogens is 281 g/mol. The third-order valence-corrected chi connectivity index (χ3v) is 4.04. The van der Waals surface area contributed by atoms with Crippen LogP contribution in [0, 0.1) is 11.7 Å². The van der Waals surface area contributed by atoms with Crippen molar-refractivity contribution in [2.24, 2.45) is 5.92 Å². The van der Waals surface area contributed by atoms with E-state index in [-0.39, 0.29) is 12.4 Å². The van der Waals surface area contributed by atoms with Gasteiger partial charge in [0.15, 0.2) is 0 Å². The summed E-state index contributed by atoms with van der Waals surface area (Å²) in [7, 11) is 0. The maximum Gasteiger partial charge on any atom is 0.123 e. The van der Waals surface area contributed by atoms with Crippen LogP contribution in [0.4, 0.5) is 10.1 Å². The van der Waals surface area contributed by atoms with E-state index in [1.165, 1.54) is 12.1 Å². The van der Waals surface area contributed by atoms with Gasteiger partial charge in [-0.1, -0.05) is 12.1 Å². The van der Waals surface area contributed by atoms with Gasteiger partial charge in [-0.25, -0.2) is 4.39 Å². The lowest BCUT2D eigenvalue weighted by molar-refractivity contribution is 0.238. The highest BCUT2D eigenvalue weighted by molar-refractivity contribution is 5.49. The Balaban J connectivity index is 1.58. The molecule has 3 rings (SSSR count). The Kier molecular flexibility index (Phi) is 4.59. The first-order valence-electron chi connectivity index (χ1n) is 7.58. The van der Waals surface area contributed by atoms with Crippen LogP contribution in [0.25, 0.3) is 0 Å². The number of rotatable bonds is 5. The molecule has 1 fully saturated rings. The van der Waals surface area contributed by atoms with E-state index in [9.17, 15) is 9.50 Å². The zero-order valence-corrected chi connectivity index (χ0v) is 12.4. The molecule has 1 atom stereocenters. The van der Waals surface area contributed by atoms with Crippen LogP contribution in [0.1, 0.15) is 12.0 Å². The maximum absolute atomic E-state index is 13.1. The van der Waals surface area contributed by atoms with Crippen molar-refractivity contribution in [3.8, 4) is 5.75 Å². The van der Waals surface area contributed by atoms with Gasteiger partial charge in [0, 0.05) is 31.3 Å². The summed E-state index contributed by atoms with van der Waals surface area (Å²) >= 11 is 0. The van der Waals surface area contributed by atoms with Gasteiger partial charge in [-0.2, -0.15) is 0 Å². The van der Waals surface area contributed by atoms with Gasteiger partial charge in [-0.05, 0) is 48.4 Å². The first kappa shape index (κ1) is 14.9. The van der Waals surface area contributed by atoms with Crippen LogP contribution >= 0.6 is 0 Å². The molecule has 1 unspecified atom stereocenters. The molecule has 2 aromatic rings. The fourth-order valence-corrected chi connectivity index (χ4v) is 2.76. The van der Waals surface area contributed by atoms with Gasteiger partial charge in [0.25, 0.3) is 0 Å². The summed E-state index contributed by atoms with van der Waals surface area (Å²) in [4.78, 5) is 2.28. The fourth-order valence-electron chi connectivity index (χ4n) is 2.76. The van der Waals surface area contributed by atoms with Crippen molar-refractivity contribution in [2.75, 3.05) is 24.6 Å². The minimum atomic E-state index is -0.246. The molecule has 1 aliphatic rings. The topological polar surface area (TPSA) is 32.7 Å². The maximum atomic E-state index is 13.1. The summed E-state index contributed by atoms with van der Waals surface area (Å²) in [5, 5.41) is 9.20. The zero-order valence-electron chi connectivity index (χ0n) is 12.4. The molecule has 0 saturated carbocycles. The van der Waals surface area contributed by atoms with Gasteiger partial charge in [0.1, 0.15) is 18.2 Å². The summed E-state index contributed by atoms with van der Waals surface area (Å²) in [6.07, 6.45) is 1.04. The Morgan fingerprint density at radius 3 is 2.68 bits per heavy atom. The zero-order chi connectivity index (χ0) is 15.4. The molecule has 1 aliphatic heterocycles. The lowest BCUT2D eigenvalue weighted by atomic mass is 10.1. The number of hydrogen-bond acceptors (Lipinski definition) is 3. The number of halogens is 1. The van der Waals surface area contributed by atoms with Crippen LogP contribution in [0.5, 0.6) is 5.75 Å². The quantitative estimate of drug-likeness (QED) is 0.920. The predicted molar refractivity (Wildman–Crippen MR) is 84.6 cm³/mol. The smallest absolute Gasteiger partial charge is 0.123 e. The fraction of sp³-hybridized carbons (Fsp3) is 0.333. The molecule has 1 heterocycles. The number of aliphatic hydroxyl groups excluding tert-OH is 1. The molecule has 22 heavy (non-hydrogen) atoms. The minimum absolute atomic E-state index is 0.246.